The van der Waals surface area contributed by atoms with Gasteiger partial charge in [-0.3, -0.25) is 0 Å². The molecule has 0 amide bonds. The summed E-state index contributed by atoms with van der Waals surface area (Å²) in [5.41, 5.74) is 5.43. The molecule has 1 aromatic heterocycles. The van der Waals surface area contributed by atoms with Crippen LogP contribution >= 0.6 is 0 Å². The number of methoxy groups -OCH3 is 1. The number of fused-ring (bicyclic) bond motifs is 1. The summed E-state index contributed by atoms with van der Waals surface area (Å²) in [5.74, 6) is -0.103. The molecule has 3 aromatic rings. The van der Waals surface area contributed by atoms with Gasteiger partial charge in [-0.05, 0) is 56.5 Å². The molecule has 1 spiro atoms. The molecular weight excluding hydrogens is 415 g/mol. The normalized spacial score (nSPS) is 22.7. The lowest BCUT2D eigenvalue weighted by Crippen LogP contribution is -2.41. The van der Waals surface area contributed by atoms with Crippen molar-refractivity contribution < 1.29 is 9.13 Å². The van der Waals surface area contributed by atoms with Crippen molar-refractivity contribution in [2.45, 2.75) is 25.7 Å². The molecule has 1 N–H and O–H groups in total. The highest BCUT2D eigenvalue weighted by molar-refractivity contribution is 5.95. The van der Waals surface area contributed by atoms with Gasteiger partial charge in [-0.1, -0.05) is 12.1 Å². The molecule has 6 heteroatoms. The van der Waals surface area contributed by atoms with Gasteiger partial charge in [0.2, 0.25) is 0 Å². The summed E-state index contributed by atoms with van der Waals surface area (Å²) in [6.45, 7) is 6.44. The van der Waals surface area contributed by atoms with Crippen LogP contribution in [0.1, 0.15) is 25.7 Å². The fourth-order valence-corrected chi connectivity index (χ4v) is 5.71. The smallest absolute Gasteiger partial charge is 0.165 e. The van der Waals surface area contributed by atoms with Gasteiger partial charge in [0.15, 0.2) is 11.6 Å². The summed E-state index contributed by atoms with van der Waals surface area (Å²) in [6, 6.07) is 14.2. The second-order valence-corrected chi connectivity index (χ2v) is 9.87. The number of rotatable bonds is 4. The van der Waals surface area contributed by atoms with Crippen LogP contribution in [0, 0.1) is 11.2 Å². The number of nitrogens with one attached hydrogen (secondary N) is 1. The molecule has 3 fully saturated rings. The van der Waals surface area contributed by atoms with Crippen LogP contribution in [-0.4, -0.2) is 51.4 Å². The molecule has 1 atom stereocenters. The van der Waals surface area contributed by atoms with Crippen molar-refractivity contribution in [3.8, 4) is 17.0 Å². The maximum atomic E-state index is 14.7. The number of halogens is 1. The van der Waals surface area contributed by atoms with Gasteiger partial charge < -0.3 is 19.9 Å². The first kappa shape index (κ1) is 20.7. The standard InChI is InChI=1S/C27H31FN4O/c1-33-26-16-24-21(14-22(26)28)25(32-13-9-27(18-32)8-2-10-29-17-27)15-23(30-24)19-4-6-20(7-5-19)31-11-3-12-31/h4-7,14-16,29H,2-3,8-13,17-18H2,1H3. The number of nitrogens with zero attached hydrogens (tertiary/aromatic N) is 3. The summed E-state index contributed by atoms with van der Waals surface area (Å²) in [6.07, 6.45) is 4.92. The molecule has 6 rings (SSSR count). The van der Waals surface area contributed by atoms with Crippen LogP contribution in [0.15, 0.2) is 42.5 Å². The monoisotopic (exact) mass is 446 g/mol. The summed E-state index contributed by atoms with van der Waals surface area (Å²) < 4.78 is 20.0. The third-order valence-electron chi connectivity index (χ3n) is 7.78. The Hall–Kier alpha value is -2.86. The Morgan fingerprint density at radius 3 is 2.55 bits per heavy atom. The molecule has 33 heavy (non-hydrogen) atoms. The fraction of sp³-hybridized carbons (Fsp3) is 0.444. The molecular formula is C27H31FN4O. The predicted molar refractivity (Wildman–Crippen MR) is 132 cm³/mol. The highest BCUT2D eigenvalue weighted by Crippen LogP contribution is 2.42. The zero-order chi connectivity index (χ0) is 22.4. The second kappa shape index (κ2) is 8.17. The quantitative estimate of drug-likeness (QED) is 0.621. The molecule has 3 aliphatic rings. The van der Waals surface area contributed by atoms with E-state index in [2.05, 4.69) is 45.4 Å². The molecule has 172 valence electrons. The highest BCUT2D eigenvalue weighted by atomic mass is 19.1. The highest BCUT2D eigenvalue weighted by Gasteiger charge is 2.39. The summed E-state index contributed by atoms with van der Waals surface area (Å²) in [4.78, 5) is 9.77. The van der Waals surface area contributed by atoms with E-state index in [1.165, 1.54) is 38.5 Å². The number of hydrogen-bond donors (Lipinski definition) is 1. The lowest BCUT2D eigenvalue weighted by atomic mass is 9.80. The van der Waals surface area contributed by atoms with Crippen LogP contribution in [0.5, 0.6) is 5.75 Å². The number of pyridine rings is 1. The molecule has 0 bridgehead atoms. The van der Waals surface area contributed by atoms with Crippen LogP contribution in [0.4, 0.5) is 15.8 Å². The van der Waals surface area contributed by atoms with Gasteiger partial charge in [0.05, 0.1) is 18.3 Å². The van der Waals surface area contributed by atoms with E-state index in [0.29, 0.717) is 5.41 Å². The number of benzene rings is 2. The van der Waals surface area contributed by atoms with E-state index in [0.717, 1.165) is 67.1 Å². The Kier molecular flexibility index (Phi) is 5.13. The van der Waals surface area contributed by atoms with Crippen LogP contribution in [0.2, 0.25) is 0 Å². The van der Waals surface area contributed by atoms with Crippen LogP contribution in [-0.2, 0) is 0 Å². The minimum Gasteiger partial charge on any atom is -0.494 e. The SMILES string of the molecule is COc1cc2nc(-c3ccc(N4CCC4)cc3)cc(N3CCC4(CCCNC4)C3)c2cc1F. The van der Waals surface area contributed by atoms with Crippen LogP contribution in [0.25, 0.3) is 22.2 Å². The van der Waals surface area contributed by atoms with Crippen molar-refractivity contribution in [2.24, 2.45) is 5.41 Å². The molecule has 0 saturated carbocycles. The Morgan fingerprint density at radius 2 is 1.85 bits per heavy atom. The molecule has 5 nitrogen and oxygen atoms in total. The first-order valence-electron chi connectivity index (χ1n) is 12.1. The first-order chi connectivity index (χ1) is 16.1. The van der Waals surface area contributed by atoms with Crippen molar-refractivity contribution in [1.29, 1.82) is 0 Å². The maximum absolute atomic E-state index is 14.7. The van der Waals surface area contributed by atoms with Gasteiger partial charge in [0, 0.05) is 66.5 Å². The van der Waals surface area contributed by atoms with E-state index >= 15 is 0 Å². The lowest BCUT2D eigenvalue weighted by molar-refractivity contribution is 0.239. The average Bonchev–Trinajstić information content (AvgIpc) is 3.20. The third kappa shape index (κ3) is 3.70. The first-order valence-corrected chi connectivity index (χ1v) is 12.1. The number of hydrogen-bond acceptors (Lipinski definition) is 5. The largest absolute Gasteiger partial charge is 0.494 e. The lowest BCUT2D eigenvalue weighted by Gasteiger charge is -2.34. The van der Waals surface area contributed by atoms with Crippen molar-refractivity contribution >= 4 is 22.3 Å². The Bertz CT molecular complexity index is 1170. The Labute approximate surface area is 194 Å². The maximum Gasteiger partial charge on any atom is 0.165 e. The number of piperidine rings is 1. The van der Waals surface area contributed by atoms with E-state index in [-0.39, 0.29) is 11.6 Å². The number of aromatic nitrogens is 1. The zero-order valence-electron chi connectivity index (χ0n) is 19.2. The molecule has 3 aliphatic heterocycles. The fourth-order valence-electron chi connectivity index (χ4n) is 5.71. The van der Waals surface area contributed by atoms with Gasteiger partial charge in [-0.15, -0.1) is 0 Å². The topological polar surface area (TPSA) is 40.6 Å². The van der Waals surface area contributed by atoms with E-state index in [1.54, 1.807) is 12.1 Å². The number of ether oxygens (including phenoxy) is 1. The summed E-state index contributed by atoms with van der Waals surface area (Å²) in [5, 5.41) is 4.45. The summed E-state index contributed by atoms with van der Waals surface area (Å²) in [7, 11) is 1.50. The van der Waals surface area contributed by atoms with Gasteiger partial charge in [-0.2, -0.15) is 0 Å². The Balaban J connectivity index is 1.42. The minimum absolute atomic E-state index is 0.237. The summed E-state index contributed by atoms with van der Waals surface area (Å²) >= 11 is 0. The van der Waals surface area contributed by atoms with E-state index < -0.39 is 0 Å². The van der Waals surface area contributed by atoms with E-state index in [1.807, 2.05) is 0 Å². The molecule has 1 unspecified atom stereocenters. The zero-order valence-corrected chi connectivity index (χ0v) is 19.2. The van der Waals surface area contributed by atoms with Crippen molar-refractivity contribution in [1.82, 2.24) is 10.3 Å². The van der Waals surface area contributed by atoms with Crippen LogP contribution < -0.4 is 19.9 Å². The third-order valence-corrected chi connectivity index (χ3v) is 7.78. The van der Waals surface area contributed by atoms with Crippen molar-refractivity contribution in [3.05, 3.63) is 48.3 Å². The van der Waals surface area contributed by atoms with E-state index in [9.17, 15) is 4.39 Å². The molecule has 4 heterocycles. The van der Waals surface area contributed by atoms with Crippen molar-refractivity contribution in [3.63, 3.8) is 0 Å². The molecule has 0 radical (unpaired) electrons. The van der Waals surface area contributed by atoms with Gasteiger partial charge in [0.1, 0.15) is 0 Å². The Morgan fingerprint density at radius 1 is 1.00 bits per heavy atom. The van der Waals surface area contributed by atoms with Gasteiger partial charge >= 0.3 is 0 Å². The van der Waals surface area contributed by atoms with Crippen molar-refractivity contribution in [2.75, 3.05) is 56.2 Å². The van der Waals surface area contributed by atoms with E-state index in [4.69, 9.17) is 9.72 Å². The second-order valence-electron chi connectivity index (χ2n) is 9.87. The predicted octanol–water partition coefficient (Wildman–Crippen LogP) is 4.84. The average molecular weight is 447 g/mol. The minimum atomic E-state index is -0.340. The molecule has 2 aromatic carbocycles. The van der Waals surface area contributed by atoms with Gasteiger partial charge in [-0.25, -0.2) is 9.37 Å². The number of anilines is 2. The molecule has 3 saturated heterocycles. The van der Waals surface area contributed by atoms with Gasteiger partial charge in [0.25, 0.3) is 0 Å². The van der Waals surface area contributed by atoms with Crippen LogP contribution in [0.3, 0.4) is 0 Å². The molecule has 0 aliphatic carbocycles.